The molecule has 4 nitrogen and oxygen atoms in total. The van der Waals surface area contributed by atoms with Gasteiger partial charge in [-0.2, -0.15) is 0 Å². The number of ketones is 1. The molecule has 0 aliphatic carbocycles. The molecule has 0 unspecified atom stereocenters. The third kappa shape index (κ3) is 1.47. The van der Waals surface area contributed by atoms with Crippen molar-refractivity contribution in [3.63, 3.8) is 0 Å². The fraction of sp³-hybridized carbons (Fsp3) is 0.333. The van der Waals surface area contributed by atoms with Crippen LogP contribution in [0.25, 0.3) is 0 Å². The summed E-state index contributed by atoms with van der Waals surface area (Å²) in [6.07, 6.45) is 1.51. The molecule has 1 aliphatic heterocycles. The zero-order chi connectivity index (χ0) is 10.2. The summed E-state index contributed by atoms with van der Waals surface area (Å²) < 4.78 is 0. The third-order valence-electron chi connectivity index (χ3n) is 2.03. The van der Waals surface area contributed by atoms with E-state index in [4.69, 9.17) is 0 Å². The normalized spacial score (nSPS) is 17.6. The Morgan fingerprint density at radius 1 is 1.46 bits per heavy atom. The highest BCUT2D eigenvalue weighted by molar-refractivity contribution is 6.19. The predicted molar refractivity (Wildman–Crippen MR) is 48.4 cm³/mol. The average molecular weight is 180 g/mol. The molecule has 0 bridgehead atoms. The molecule has 0 aromatic heterocycles. The van der Waals surface area contributed by atoms with Crippen LogP contribution in [0, 0.1) is 0 Å². The molecule has 4 heteroatoms. The Morgan fingerprint density at radius 3 is 2.46 bits per heavy atom. The first-order chi connectivity index (χ1) is 5.95. The van der Waals surface area contributed by atoms with Crippen molar-refractivity contribution in [3.8, 4) is 0 Å². The van der Waals surface area contributed by atoms with Crippen LogP contribution in [0.2, 0.25) is 0 Å². The van der Waals surface area contributed by atoms with Crippen LogP contribution in [0.4, 0.5) is 0 Å². The van der Waals surface area contributed by atoms with Crippen molar-refractivity contribution in [2.75, 3.05) is 14.1 Å². The Bertz CT molecular complexity index is 318. The minimum atomic E-state index is -0.296. The number of Topliss-reactive ketones (excluding diaryl/α,β-unsaturated/α-hetero) is 1. The molecular weight excluding hydrogens is 168 g/mol. The van der Waals surface area contributed by atoms with Crippen LogP contribution in [0.3, 0.4) is 0 Å². The molecule has 0 fully saturated rings. The fourth-order valence-corrected chi connectivity index (χ4v) is 1.10. The van der Waals surface area contributed by atoms with Crippen LogP contribution >= 0.6 is 0 Å². The van der Waals surface area contributed by atoms with Crippen molar-refractivity contribution in [1.29, 1.82) is 0 Å². The van der Waals surface area contributed by atoms with Gasteiger partial charge in [0.1, 0.15) is 5.82 Å². The standard InChI is InChI=1S/C9H12N2O2/c1-6(12)8-5-10(3)7(2)11(4)9(8)13/h5H,2H2,1,3-4H3. The van der Waals surface area contributed by atoms with Gasteiger partial charge in [0.25, 0.3) is 5.91 Å². The maximum atomic E-state index is 11.5. The summed E-state index contributed by atoms with van der Waals surface area (Å²) in [5.74, 6) is 0.0433. The molecule has 1 amide bonds. The number of hydrogen-bond acceptors (Lipinski definition) is 3. The summed E-state index contributed by atoms with van der Waals surface area (Å²) in [5.41, 5.74) is 0.192. The van der Waals surface area contributed by atoms with Crippen molar-refractivity contribution in [2.45, 2.75) is 6.92 Å². The Kier molecular flexibility index (Phi) is 2.23. The molecule has 13 heavy (non-hydrogen) atoms. The highest BCUT2D eigenvalue weighted by Gasteiger charge is 2.26. The van der Waals surface area contributed by atoms with Crippen molar-refractivity contribution >= 4 is 11.7 Å². The molecule has 1 aliphatic rings. The van der Waals surface area contributed by atoms with Gasteiger partial charge in [0.15, 0.2) is 5.78 Å². The number of carbonyl (C=O) groups is 2. The Balaban J connectivity index is 3.12. The largest absolute Gasteiger partial charge is 0.337 e. The van der Waals surface area contributed by atoms with E-state index in [9.17, 15) is 9.59 Å². The van der Waals surface area contributed by atoms with Crippen LogP contribution in [0.15, 0.2) is 24.2 Å². The maximum absolute atomic E-state index is 11.5. The second kappa shape index (κ2) is 3.05. The minimum Gasteiger partial charge on any atom is -0.337 e. The lowest BCUT2D eigenvalue weighted by molar-refractivity contribution is -0.128. The molecule has 0 radical (unpaired) electrons. The van der Waals surface area contributed by atoms with Crippen molar-refractivity contribution < 1.29 is 9.59 Å². The van der Waals surface area contributed by atoms with E-state index in [0.29, 0.717) is 5.82 Å². The smallest absolute Gasteiger partial charge is 0.264 e. The number of nitrogens with zero attached hydrogens (tertiary/aromatic N) is 2. The van der Waals surface area contributed by atoms with Crippen LogP contribution in [-0.2, 0) is 9.59 Å². The van der Waals surface area contributed by atoms with Gasteiger partial charge in [-0.1, -0.05) is 6.58 Å². The Labute approximate surface area is 77.1 Å². The molecule has 0 N–H and O–H groups in total. The number of hydrogen-bond donors (Lipinski definition) is 0. The van der Waals surface area contributed by atoms with Gasteiger partial charge < -0.3 is 4.90 Å². The van der Waals surface area contributed by atoms with Gasteiger partial charge >= 0.3 is 0 Å². The number of amides is 1. The van der Waals surface area contributed by atoms with E-state index in [1.807, 2.05) is 0 Å². The lowest BCUT2D eigenvalue weighted by atomic mass is 10.1. The number of carbonyl (C=O) groups excluding carboxylic acids is 2. The molecule has 1 rings (SSSR count). The minimum absolute atomic E-state index is 0.192. The number of likely N-dealkylation sites (N-methyl/N-ethyl adjacent to an activating group) is 1. The summed E-state index contributed by atoms with van der Waals surface area (Å²) in [5, 5.41) is 0. The lowest BCUT2D eigenvalue weighted by Crippen LogP contribution is -2.39. The zero-order valence-corrected chi connectivity index (χ0v) is 8.00. The second-order valence-corrected chi connectivity index (χ2v) is 2.99. The average Bonchev–Trinajstić information content (AvgIpc) is 2.07. The van der Waals surface area contributed by atoms with Gasteiger partial charge in [-0.25, -0.2) is 0 Å². The molecule has 0 spiro atoms. The quantitative estimate of drug-likeness (QED) is 0.546. The summed E-state index contributed by atoms with van der Waals surface area (Å²) in [7, 11) is 3.34. The van der Waals surface area contributed by atoms with Crippen molar-refractivity contribution in [2.24, 2.45) is 0 Å². The molecular formula is C9H12N2O2. The fourth-order valence-electron chi connectivity index (χ4n) is 1.10. The zero-order valence-electron chi connectivity index (χ0n) is 8.00. The first-order valence-electron chi connectivity index (χ1n) is 3.87. The molecule has 0 aromatic rings. The predicted octanol–water partition coefficient (Wildman–Crippen LogP) is 0.334. The Morgan fingerprint density at radius 2 is 2.00 bits per heavy atom. The lowest BCUT2D eigenvalue weighted by Gasteiger charge is -2.31. The molecule has 1 heterocycles. The van der Waals surface area contributed by atoms with E-state index in [0.717, 1.165) is 0 Å². The van der Waals surface area contributed by atoms with Gasteiger partial charge in [-0.05, 0) is 6.92 Å². The van der Waals surface area contributed by atoms with E-state index in [2.05, 4.69) is 6.58 Å². The molecule has 70 valence electrons. The van der Waals surface area contributed by atoms with E-state index in [-0.39, 0.29) is 17.3 Å². The van der Waals surface area contributed by atoms with Crippen molar-refractivity contribution in [1.82, 2.24) is 9.80 Å². The van der Waals surface area contributed by atoms with Crippen molar-refractivity contribution in [3.05, 3.63) is 24.2 Å². The number of rotatable bonds is 1. The second-order valence-electron chi connectivity index (χ2n) is 2.99. The topological polar surface area (TPSA) is 40.6 Å². The van der Waals surface area contributed by atoms with E-state index in [1.165, 1.54) is 18.0 Å². The molecule has 0 aromatic carbocycles. The highest BCUT2D eigenvalue weighted by atomic mass is 16.2. The monoisotopic (exact) mass is 180 g/mol. The summed E-state index contributed by atoms with van der Waals surface area (Å²) in [4.78, 5) is 25.5. The van der Waals surface area contributed by atoms with E-state index < -0.39 is 0 Å². The summed E-state index contributed by atoms with van der Waals surface area (Å²) in [6.45, 7) is 5.07. The highest BCUT2D eigenvalue weighted by Crippen LogP contribution is 2.17. The van der Waals surface area contributed by atoms with Gasteiger partial charge in [-0.15, -0.1) is 0 Å². The van der Waals surface area contributed by atoms with Crippen LogP contribution in [0.1, 0.15) is 6.92 Å². The summed E-state index contributed by atoms with van der Waals surface area (Å²) in [6, 6.07) is 0. The molecule has 0 atom stereocenters. The van der Waals surface area contributed by atoms with Crippen LogP contribution in [0.5, 0.6) is 0 Å². The molecule has 0 saturated carbocycles. The van der Waals surface area contributed by atoms with E-state index in [1.54, 1.807) is 19.0 Å². The van der Waals surface area contributed by atoms with Gasteiger partial charge in [-0.3, -0.25) is 14.5 Å². The summed E-state index contributed by atoms with van der Waals surface area (Å²) >= 11 is 0. The van der Waals surface area contributed by atoms with Crippen LogP contribution in [-0.4, -0.2) is 35.6 Å². The molecule has 0 saturated heterocycles. The van der Waals surface area contributed by atoms with Gasteiger partial charge in [0.05, 0.1) is 5.57 Å². The first kappa shape index (κ1) is 9.51. The first-order valence-corrected chi connectivity index (χ1v) is 3.87. The van der Waals surface area contributed by atoms with Gasteiger partial charge in [0.2, 0.25) is 0 Å². The Hall–Kier alpha value is -1.58. The SMILES string of the molecule is C=C1N(C)C=C(C(C)=O)C(=O)N1C. The van der Waals surface area contributed by atoms with E-state index >= 15 is 0 Å². The third-order valence-corrected chi connectivity index (χ3v) is 2.03. The maximum Gasteiger partial charge on any atom is 0.264 e. The van der Waals surface area contributed by atoms with Crippen LogP contribution < -0.4 is 0 Å². The van der Waals surface area contributed by atoms with Gasteiger partial charge in [0, 0.05) is 20.3 Å².